The van der Waals surface area contributed by atoms with Crippen LogP contribution in [0.25, 0.3) is 0 Å². The van der Waals surface area contributed by atoms with Crippen LogP contribution in [0.5, 0.6) is 0 Å². The zero-order valence-electron chi connectivity index (χ0n) is 10.2. The van der Waals surface area contributed by atoms with E-state index >= 15 is 0 Å². The largest absolute Gasteiger partial charge is 0.468 e. The molecule has 1 aromatic rings. The van der Waals surface area contributed by atoms with Crippen LogP contribution in [0.15, 0.2) is 23.1 Å². The van der Waals surface area contributed by atoms with Gasteiger partial charge in [0.05, 0.1) is 16.9 Å². The fourth-order valence-electron chi connectivity index (χ4n) is 1.28. The number of esters is 1. The predicted molar refractivity (Wildman–Crippen MR) is 66.7 cm³/mol. The molecule has 0 amide bonds. The Hall–Kier alpha value is -2.16. The molecule has 0 aromatic heterocycles. The molecule has 0 saturated carbocycles. The summed E-state index contributed by atoms with van der Waals surface area (Å²) < 4.78 is 27.0. The second-order valence-corrected chi connectivity index (χ2v) is 5.65. The van der Waals surface area contributed by atoms with Crippen molar-refractivity contribution in [3.05, 3.63) is 28.3 Å². The van der Waals surface area contributed by atoms with Gasteiger partial charge >= 0.3 is 5.97 Å². The number of hydrogen-bond donors (Lipinski definition) is 1. The number of nitro groups is 1. The molecule has 1 N–H and O–H groups in total. The quantitative estimate of drug-likeness (QED) is 0.478. The monoisotopic (exact) mass is 288 g/mol. The Balaban J connectivity index is 3.12. The van der Waals surface area contributed by atoms with Crippen molar-refractivity contribution in [1.82, 2.24) is 0 Å². The molecule has 8 nitrogen and oxygen atoms in total. The van der Waals surface area contributed by atoms with E-state index in [0.717, 1.165) is 12.3 Å². The predicted octanol–water partition coefficient (Wildman–Crippen LogP) is 0.583. The third kappa shape index (κ3) is 3.91. The fraction of sp³-hybridized carbons (Fsp3) is 0.300. The maximum atomic E-state index is 11.3. The number of carbonyl (C=O) groups excluding carboxylic acids is 1. The Labute approximate surface area is 109 Å². The molecule has 19 heavy (non-hydrogen) atoms. The highest BCUT2D eigenvalue weighted by Crippen LogP contribution is 2.27. The molecule has 104 valence electrons. The lowest BCUT2D eigenvalue weighted by Gasteiger charge is -2.07. The number of methoxy groups -OCH3 is 1. The van der Waals surface area contributed by atoms with Crippen molar-refractivity contribution < 1.29 is 22.9 Å². The van der Waals surface area contributed by atoms with Gasteiger partial charge in [-0.15, -0.1) is 0 Å². The second-order valence-electron chi connectivity index (χ2n) is 3.64. The molecule has 0 radical (unpaired) electrons. The first-order chi connectivity index (χ1) is 8.75. The number of nitro benzene ring substituents is 1. The fourth-order valence-corrected chi connectivity index (χ4v) is 1.92. The Morgan fingerprint density at radius 1 is 1.47 bits per heavy atom. The highest BCUT2D eigenvalue weighted by molar-refractivity contribution is 7.90. The normalized spacial score (nSPS) is 10.8. The lowest BCUT2D eigenvalue weighted by molar-refractivity contribution is -0.384. The van der Waals surface area contributed by atoms with Gasteiger partial charge in [-0.2, -0.15) is 0 Å². The van der Waals surface area contributed by atoms with E-state index in [1.807, 2.05) is 0 Å². The van der Waals surface area contributed by atoms with Crippen LogP contribution in [-0.4, -0.2) is 39.2 Å². The first-order valence-electron chi connectivity index (χ1n) is 5.05. The zero-order chi connectivity index (χ0) is 14.6. The standard InChI is InChI=1S/C10H12N2O6S/c1-18-10(13)6-11-8-4-3-7(19(2,16)17)5-9(8)12(14)15/h3-5,11H,6H2,1-2H3. The third-order valence-corrected chi connectivity index (χ3v) is 3.36. The smallest absolute Gasteiger partial charge is 0.325 e. The van der Waals surface area contributed by atoms with Gasteiger partial charge in [0.15, 0.2) is 9.84 Å². The van der Waals surface area contributed by atoms with Crippen molar-refractivity contribution in [2.24, 2.45) is 0 Å². The summed E-state index contributed by atoms with van der Waals surface area (Å²) in [6.07, 6.45) is 0.952. The van der Waals surface area contributed by atoms with E-state index in [1.54, 1.807) is 0 Å². The van der Waals surface area contributed by atoms with E-state index < -0.39 is 26.4 Å². The first kappa shape index (κ1) is 14.9. The number of nitrogens with zero attached hydrogens (tertiary/aromatic N) is 1. The topological polar surface area (TPSA) is 116 Å². The molecule has 1 rings (SSSR count). The van der Waals surface area contributed by atoms with Gasteiger partial charge in [-0.05, 0) is 12.1 Å². The van der Waals surface area contributed by atoms with Gasteiger partial charge in [0, 0.05) is 12.3 Å². The number of ether oxygens (including phenoxy) is 1. The molecule has 0 aliphatic carbocycles. The molecule has 0 unspecified atom stereocenters. The summed E-state index contributed by atoms with van der Waals surface area (Å²) in [5.41, 5.74) is -0.380. The van der Waals surface area contributed by atoms with Crippen molar-refractivity contribution in [2.45, 2.75) is 4.90 Å². The van der Waals surface area contributed by atoms with Gasteiger partial charge in [-0.1, -0.05) is 0 Å². The van der Waals surface area contributed by atoms with Gasteiger partial charge in [-0.25, -0.2) is 8.42 Å². The van der Waals surface area contributed by atoms with Crippen molar-refractivity contribution in [3.63, 3.8) is 0 Å². The Kier molecular flexibility index (Phi) is 4.43. The summed E-state index contributed by atoms with van der Waals surface area (Å²) in [7, 11) is -2.35. The summed E-state index contributed by atoms with van der Waals surface area (Å²) >= 11 is 0. The molecule has 0 spiro atoms. The number of rotatable bonds is 5. The van der Waals surface area contributed by atoms with Crippen molar-refractivity contribution in [2.75, 3.05) is 25.2 Å². The van der Waals surface area contributed by atoms with Crippen LogP contribution in [0.1, 0.15) is 0 Å². The Morgan fingerprint density at radius 3 is 2.58 bits per heavy atom. The van der Waals surface area contributed by atoms with Gasteiger partial charge in [-0.3, -0.25) is 14.9 Å². The minimum Gasteiger partial charge on any atom is -0.468 e. The number of hydrogen-bond acceptors (Lipinski definition) is 7. The minimum absolute atomic E-state index is 0.0443. The van der Waals surface area contributed by atoms with E-state index in [0.29, 0.717) is 0 Å². The molecule has 0 bridgehead atoms. The Bertz CT molecular complexity index is 610. The number of benzene rings is 1. The van der Waals surface area contributed by atoms with Crippen LogP contribution in [-0.2, 0) is 19.4 Å². The van der Waals surface area contributed by atoms with Gasteiger partial charge < -0.3 is 10.1 Å². The summed E-state index contributed by atoms with van der Waals surface area (Å²) in [6, 6.07) is 3.40. The van der Waals surface area contributed by atoms with Crippen LogP contribution in [0.3, 0.4) is 0 Å². The summed E-state index contributed by atoms with van der Waals surface area (Å²) in [5.74, 6) is -0.596. The summed E-state index contributed by atoms with van der Waals surface area (Å²) in [6.45, 7) is -0.254. The molecule has 0 saturated heterocycles. The molecule has 9 heteroatoms. The van der Waals surface area contributed by atoms with Crippen molar-refractivity contribution in [1.29, 1.82) is 0 Å². The number of nitrogens with one attached hydrogen (secondary N) is 1. The summed E-state index contributed by atoms with van der Waals surface area (Å²) in [5, 5.41) is 13.4. The van der Waals surface area contributed by atoms with E-state index in [4.69, 9.17) is 0 Å². The number of carbonyl (C=O) groups is 1. The highest BCUT2D eigenvalue weighted by atomic mass is 32.2. The van der Waals surface area contributed by atoms with E-state index in [1.165, 1.54) is 19.2 Å². The molecule has 0 atom stereocenters. The zero-order valence-corrected chi connectivity index (χ0v) is 11.1. The SMILES string of the molecule is COC(=O)CNc1ccc(S(C)(=O)=O)cc1[N+](=O)[O-]. The number of sulfone groups is 1. The van der Waals surface area contributed by atoms with Crippen LogP contribution >= 0.6 is 0 Å². The highest BCUT2D eigenvalue weighted by Gasteiger charge is 2.19. The van der Waals surface area contributed by atoms with Crippen LogP contribution in [0.4, 0.5) is 11.4 Å². The lowest BCUT2D eigenvalue weighted by Crippen LogP contribution is -2.15. The molecule has 0 aliphatic rings. The average Bonchev–Trinajstić information content (AvgIpc) is 2.34. The van der Waals surface area contributed by atoms with E-state index in [2.05, 4.69) is 10.1 Å². The van der Waals surface area contributed by atoms with Crippen molar-refractivity contribution in [3.8, 4) is 0 Å². The maximum Gasteiger partial charge on any atom is 0.325 e. The molecule has 1 aromatic carbocycles. The average molecular weight is 288 g/mol. The maximum absolute atomic E-state index is 11.3. The van der Waals surface area contributed by atoms with Gasteiger partial charge in [0.1, 0.15) is 12.2 Å². The lowest BCUT2D eigenvalue weighted by atomic mass is 10.2. The van der Waals surface area contributed by atoms with Crippen LogP contribution in [0.2, 0.25) is 0 Å². The molecule has 0 heterocycles. The van der Waals surface area contributed by atoms with Crippen LogP contribution < -0.4 is 5.32 Å². The van der Waals surface area contributed by atoms with Gasteiger partial charge in [0.25, 0.3) is 5.69 Å². The van der Waals surface area contributed by atoms with Crippen molar-refractivity contribution >= 4 is 27.2 Å². The number of anilines is 1. The third-order valence-electron chi connectivity index (χ3n) is 2.24. The van der Waals surface area contributed by atoms with Crippen LogP contribution in [0, 0.1) is 10.1 Å². The van der Waals surface area contributed by atoms with E-state index in [9.17, 15) is 23.3 Å². The second kappa shape index (κ2) is 5.65. The molecular weight excluding hydrogens is 276 g/mol. The minimum atomic E-state index is -3.54. The molecular formula is C10H12N2O6S. The van der Waals surface area contributed by atoms with E-state index in [-0.39, 0.29) is 17.1 Å². The Morgan fingerprint density at radius 2 is 2.11 bits per heavy atom. The molecule has 0 aliphatic heterocycles. The van der Waals surface area contributed by atoms with Gasteiger partial charge in [0.2, 0.25) is 0 Å². The molecule has 0 fully saturated rings. The first-order valence-corrected chi connectivity index (χ1v) is 6.94. The summed E-state index contributed by atoms with van der Waals surface area (Å²) in [4.78, 5) is 20.9.